The Labute approximate surface area is 206 Å². The van der Waals surface area contributed by atoms with Gasteiger partial charge in [0.05, 0.1) is 26.4 Å². The number of esters is 1. The number of ether oxygens (including phenoxy) is 2. The molecule has 4 atom stereocenters. The summed E-state index contributed by atoms with van der Waals surface area (Å²) in [6.07, 6.45) is 13.4. The molecule has 8 heteroatoms. The molecule has 1 saturated heterocycles. The van der Waals surface area contributed by atoms with Crippen LogP contribution in [-0.4, -0.2) is 82.3 Å². The Kier molecular flexibility index (Phi) is 23.0. The predicted octanol–water partition coefficient (Wildman–Crippen LogP) is 3.02. The summed E-state index contributed by atoms with van der Waals surface area (Å²) < 4.78 is 9.53. The van der Waals surface area contributed by atoms with E-state index in [2.05, 4.69) is 23.8 Å². The maximum absolute atomic E-state index is 11.9. The molecular formula is C26H50O8. The van der Waals surface area contributed by atoms with Crippen molar-refractivity contribution in [3.05, 3.63) is 12.2 Å². The van der Waals surface area contributed by atoms with E-state index >= 15 is 0 Å². The lowest BCUT2D eigenvalue weighted by atomic mass is 10.0. The molecule has 34 heavy (non-hydrogen) atoms. The van der Waals surface area contributed by atoms with Gasteiger partial charge in [0.15, 0.2) is 6.10 Å². The first kappa shape index (κ1) is 33.0. The van der Waals surface area contributed by atoms with E-state index in [1.807, 2.05) is 0 Å². The van der Waals surface area contributed by atoms with Gasteiger partial charge in [0.2, 0.25) is 0 Å². The standard InChI is InChI=1S/C24H46O7.C2H4O/c1-2-3-4-5-6-7-8-9-10-11-12-13-14-15-16-17-22(29)31-24(21(28)19-26)23(30)20(27)18-25;1-2-3-1/h9-10,20-21,23-28,30H,2-8,11-19H2,1H3;1-2H2/b10-9-;/t20-,21+,23+,24+;/m0./s1. The second kappa shape index (κ2) is 23.7. The van der Waals surface area contributed by atoms with Gasteiger partial charge in [0.25, 0.3) is 0 Å². The van der Waals surface area contributed by atoms with Gasteiger partial charge in [-0.3, -0.25) is 4.79 Å². The van der Waals surface area contributed by atoms with Crippen LogP contribution in [-0.2, 0) is 14.3 Å². The average Bonchev–Trinajstić information content (AvgIpc) is 3.73. The van der Waals surface area contributed by atoms with Gasteiger partial charge in [-0.2, -0.15) is 0 Å². The highest BCUT2D eigenvalue weighted by Gasteiger charge is 2.34. The van der Waals surface area contributed by atoms with E-state index in [9.17, 15) is 20.1 Å². The Morgan fingerprint density at radius 1 is 0.794 bits per heavy atom. The van der Waals surface area contributed by atoms with E-state index in [0.29, 0.717) is 6.42 Å². The molecule has 5 N–H and O–H groups in total. The first-order chi connectivity index (χ1) is 16.5. The molecule has 0 aromatic heterocycles. The van der Waals surface area contributed by atoms with Crippen LogP contribution in [0.5, 0.6) is 0 Å². The van der Waals surface area contributed by atoms with Crippen molar-refractivity contribution < 1.29 is 39.8 Å². The number of aliphatic hydroxyl groups excluding tert-OH is 5. The molecule has 1 heterocycles. The molecule has 0 amide bonds. The summed E-state index contributed by atoms with van der Waals surface area (Å²) in [7, 11) is 0. The largest absolute Gasteiger partial charge is 0.457 e. The van der Waals surface area contributed by atoms with E-state index in [4.69, 9.17) is 14.9 Å². The third-order valence-electron chi connectivity index (χ3n) is 5.60. The minimum atomic E-state index is -1.68. The van der Waals surface area contributed by atoms with Gasteiger partial charge < -0.3 is 35.0 Å². The zero-order valence-corrected chi connectivity index (χ0v) is 21.2. The van der Waals surface area contributed by atoms with E-state index < -0.39 is 43.6 Å². The Morgan fingerprint density at radius 3 is 1.74 bits per heavy atom. The molecule has 1 aliphatic rings. The van der Waals surface area contributed by atoms with Crippen LogP contribution in [0.3, 0.4) is 0 Å². The predicted molar refractivity (Wildman–Crippen MR) is 132 cm³/mol. The van der Waals surface area contributed by atoms with Crippen LogP contribution < -0.4 is 0 Å². The summed E-state index contributed by atoms with van der Waals surface area (Å²) in [6.45, 7) is 2.75. The fourth-order valence-electron chi connectivity index (χ4n) is 3.36. The number of hydrogen-bond donors (Lipinski definition) is 5. The lowest BCUT2D eigenvalue weighted by Gasteiger charge is -2.28. The summed E-state index contributed by atoms with van der Waals surface area (Å²) in [5.41, 5.74) is 0. The Hall–Kier alpha value is -1.03. The molecule has 1 fully saturated rings. The zero-order chi connectivity index (χ0) is 25.4. The summed E-state index contributed by atoms with van der Waals surface area (Å²) in [4.78, 5) is 11.9. The molecule has 0 saturated carbocycles. The number of aliphatic hydroxyl groups is 5. The molecule has 0 aliphatic carbocycles. The normalized spacial score (nSPS) is 16.4. The lowest BCUT2D eigenvalue weighted by Crippen LogP contribution is -2.49. The van der Waals surface area contributed by atoms with Crippen LogP contribution in [0.1, 0.15) is 96.8 Å². The highest BCUT2D eigenvalue weighted by atomic mass is 16.6. The molecule has 0 spiro atoms. The van der Waals surface area contributed by atoms with Crippen molar-refractivity contribution in [2.45, 2.75) is 121 Å². The van der Waals surface area contributed by atoms with Crippen LogP contribution in [0.2, 0.25) is 0 Å². The third-order valence-corrected chi connectivity index (χ3v) is 5.60. The van der Waals surface area contributed by atoms with Crippen LogP contribution >= 0.6 is 0 Å². The maximum atomic E-state index is 11.9. The smallest absolute Gasteiger partial charge is 0.306 e. The molecule has 1 aliphatic heterocycles. The SMILES string of the molecule is C1CO1.CCCCCCCC/C=C\CCCCCCCC(=O)O[C@@H]([C@H](O)[C@@H](O)CO)[C@H](O)CO. The summed E-state index contributed by atoms with van der Waals surface area (Å²) in [6, 6.07) is 0. The van der Waals surface area contributed by atoms with Crippen LogP contribution in [0, 0.1) is 0 Å². The van der Waals surface area contributed by atoms with Gasteiger partial charge in [-0.15, -0.1) is 0 Å². The molecule has 202 valence electrons. The molecule has 0 unspecified atom stereocenters. The first-order valence-corrected chi connectivity index (χ1v) is 13.2. The summed E-state index contributed by atoms with van der Waals surface area (Å²) >= 11 is 0. The second-order valence-corrected chi connectivity index (χ2v) is 8.89. The number of carbonyl (C=O) groups is 1. The minimum Gasteiger partial charge on any atom is -0.457 e. The van der Waals surface area contributed by atoms with E-state index in [-0.39, 0.29) is 6.42 Å². The highest BCUT2D eigenvalue weighted by Crippen LogP contribution is 2.14. The van der Waals surface area contributed by atoms with Crippen molar-refractivity contribution in [2.75, 3.05) is 26.4 Å². The van der Waals surface area contributed by atoms with Crippen LogP contribution in [0.15, 0.2) is 12.2 Å². The van der Waals surface area contributed by atoms with Crippen molar-refractivity contribution in [3.63, 3.8) is 0 Å². The molecule has 0 aromatic carbocycles. The molecule has 8 nitrogen and oxygen atoms in total. The maximum Gasteiger partial charge on any atom is 0.306 e. The van der Waals surface area contributed by atoms with Gasteiger partial charge in [-0.25, -0.2) is 0 Å². The number of rotatable bonds is 21. The van der Waals surface area contributed by atoms with Crippen molar-refractivity contribution in [1.29, 1.82) is 0 Å². The Bertz CT molecular complexity index is 481. The molecule has 0 bridgehead atoms. The number of unbranched alkanes of at least 4 members (excludes halogenated alkanes) is 11. The highest BCUT2D eigenvalue weighted by molar-refractivity contribution is 5.69. The first-order valence-electron chi connectivity index (χ1n) is 13.2. The monoisotopic (exact) mass is 490 g/mol. The van der Waals surface area contributed by atoms with E-state index in [1.54, 1.807) is 0 Å². The molecule has 0 radical (unpaired) electrons. The zero-order valence-electron chi connectivity index (χ0n) is 21.2. The number of carbonyl (C=O) groups excluding carboxylic acids is 1. The fraction of sp³-hybridized carbons (Fsp3) is 0.885. The number of hydrogen-bond acceptors (Lipinski definition) is 8. The summed E-state index contributed by atoms with van der Waals surface area (Å²) in [5.74, 6) is -0.612. The van der Waals surface area contributed by atoms with Gasteiger partial charge in [0, 0.05) is 6.42 Å². The second-order valence-electron chi connectivity index (χ2n) is 8.89. The van der Waals surface area contributed by atoms with Crippen LogP contribution in [0.4, 0.5) is 0 Å². The fourth-order valence-corrected chi connectivity index (χ4v) is 3.36. The molecular weight excluding hydrogens is 440 g/mol. The Balaban J connectivity index is 0.00000333. The van der Waals surface area contributed by atoms with E-state index in [1.165, 1.54) is 44.9 Å². The van der Waals surface area contributed by atoms with E-state index in [0.717, 1.165) is 45.3 Å². The summed E-state index contributed by atoms with van der Waals surface area (Å²) in [5, 5.41) is 47.0. The van der Waals surface area contributed by atoms with Gasteiger partial charge in [0.1, 0.15) is 18.3 Å². The number of allylic oxidation sites excluding steroid dienone is 2. The van der Waals surface area contributed by atoms with Crippen LogP contribution in [0.25, 0.3) is 0 Å². The van der Waals surface area contributed by atoms with Crippen molar-refractivity contribution in [3.8, 4) is 0 Å². The lowest BCUT2D eigenvalue weighted by molar-refractivity contribution is -0.177. The molecule has 0 aromatic rings. The minimum absolute atomic E-state index is 0.134. The quantitative estimate of drug-likeness (QED) is 0.0716. The third kappa shape index (κ3) is 20.4. The van der Waals surface area contributed by atoms with Crippen molar-refractivity contribution >= 4 is 5.97 Å². The van der Waals surface area contributed by atoms with Gasteiger partial charge in [-0.1, -0.05) is 70.4 Å². The Morgan fingerprint density at radius 2 is 1.26 bits per heavy atom. The number of epoxide rings is 1. The van der Waals surface area contributed by atoms with Crippen molar-refractivity contribution in [2.24, 2.45) is 0 Å². The van der Waals surface area contributed by atoms with Gasteiger partial charge >= 0.3 is 5.97 Å². The average molecular weight is 491 g/mol. The van der Waals surface area contributed by atoms with Gasteiger partial charge in [-0.05, 0) is 32.1 Å². The molecule has 1 rings (SSSR count). The van der Waals surface area contributed by atoms with Crippen molar-refractivity contribution in [1.82, 2.24) is 0 Å². The topological polar surface area (TPSA) is 140 Å².